The lowest BCUT2D eigenvalue weighted by Gasteiger charge is -2.36. The lowest BCUT2D eigenvalue weighted by molar-refractivity contribution is -0.147. The highest BCUT2D eigenvalue weighted by Crippen LogP contribution is 2.41. The minimum Gasteiger partial charge on any atom is -0.460 e. The maximum atomic E-state index is 12.4. The first-order valence-corrected chi connectivity index (χ1v) is 11.0. The molecule has 4 rings (SSSR count). The van der Waals surface area contributed by atoms with E-state index in [0.29, 0.717) is 19.4 Å². The molecule has 0 aromatic heterocycles. The van der Waals surface area contributed by atoms with Gasteiger partial charge in [-0.3, -0.25) is 4.79 Å². The zero-order valence-electron chi connectivity index (χ0n) is 18.1. The van der Waals surface area contributed by atoms with E-state index in [1.807, 2.05) is 66.7 Å². The molecule has 0 aliphatic carbocycles. The molecule has 0 N–H and O–H groups in total. The molecule has 0 saturated carbocycles. The summed E-state index contributed by atoms with van der Waals surface area (Å²) in [4.78, 5) is 12.4. The summed E-state index contributed by atoms with van der Waals surface area (Å²) < 4.78 is 12.5. The van der Waals surface area contributed by atoms with Crippen LogP contribution in [0.15, 0.2) is 116 Å². The Morgan fingerprint density at radius 2 is 1.38 bits per heavy atom. The van der Waals surface area contributed by atoms with Crippen molar-refractivity contribution in [2.45, 2.75) is 24.5 Å². The number of rotatable bonds is 9. The minimum atomic E-state index is -0.809. The van der Waals surface area contributed by atoms with Crippen LogP contribution in [0.4, 0.5) is 0 Å². The van der Waals surface area contributed by atoms with Crippen LogP contribution < -0.4 is 0 Å². The van der Waals surface area contributed by atoms with Gasteiger partial charge in [-0.25, -0.2) is 0 Å². The number of carbonyl (C=O) groups is 1. The van der Waals surface area contributed by atoms with Crippen molar-refractivity contribution in [1.29, 1.82) is 0 Å². The van der Waals surface area contributed by atoms with E-state index in [9.17, 15) is 4.79 Å². The summed E-state index contributed by atoms with van der Waals surface area (Å²) >= 11 is 0. The Bertz CT molecular complexity index is 945. The largest absolute Gasteiger partial charge is 0.460 e. The Morgan fingerprint density at radius 1 is 0.875 bits per heavy atom. The first kappa shape index (κ1) is 21.8. The summed E-state index contributed by atoms with van der Waals surface area (Å²) in [6.45, 7) is 3.99. The van der Waals surface area contributed by atoms with Crippen LogP contribution >= 0.6 is 0 Å². The molecule has 0 amide bonds. The van der Waals surface area contributed by atoms with Crippen LogP contribution in [0.25, 0.3) is 0 Å². The van der Waals surface area contributed by atoms with E-state index in [2.05, 4.69) is 43.0 Å². The Labute approximate surface area is 190 Å². The summed E-state index contributed by atoms with van der Waals surface area (Å²) in [5.41, 5.74) is 2.29. The van der Waals surface area contributed by atoms with Gasteiger partial charge in [-0.1, -0.05) is 116 Å². The Kier molecular flexibility index (Phi) is 6.98. The molecule has 0 bridgehead atoms. The van der Waals surface area contributed by atoms with E-state index >= 15 is 0 Å². The van der Waals surface area contributed by atoms with Gasteiger partial charge in [0.2, 0.25) is 0 Å². The van der Waals surface area contributed by atoms with Gasteiger partial charge < -0.3 is 9.47 Å². The molecule has 1 fully saturated rings. The molecule has 0 radical (unpaired) electrons. The molecule has 162 valence electrons. The lowest BCUT2D eigenvalue weighted by Crippen LogP contribution is -2.35. The Hall–Kier alpha value is -3.43. The molecule has 2 atom stereocenters. The highest BCUT2D eigenvalue weighted by Gasteiger charge is 2.40. The van der Waals surface area contributed by atoms with Crippen molar-refractivity contribution in [2.24, 2.45) is 5.92 Å². The molecule has 3 heteroatoms. The Balaban J connectivity index is 1.67. The second kappa shape index (κ2) is 10.3. The molecule has 1 aliphatic rings. The number of hydrogen-bond donors (Lipinski definition) is 0. The fraction of sp³-hybridized carbons (Fsp3) is 0.207. The third kappa shape index (κ3) is 4.58. The highest BCUT2D eigenvalue weighted by atomic mass is 16.6. The zero-order chi connectivity index (χ0) is 22.2. The summed E-state index contributed by atoms with van der Waals surface area (Å²) in [6, 6.07) is 30.7. The molecule has 32 heavy (non-hydrogen) atoms. The van der Waals surface area contributed by atoms with Gasteiger partial charge in [-0.2, -0.15) is 0 Å². The van der Waals surface area contributed by atoms with Gasteiger partial charge >= 0.3 is 5.97 Å². The van der Waals surface area contributed by atoms with E-state index in [4.69, 9.17) is 9.47 Å². The first-order valence-electron chi connectivity index (χ1n) is 11.0. The number of benzene rings is 3. The third-order valence-corrected chi connectivity index (χ3v) is 5.88. The van der Waals surface area contributed by atoms with Crippen molar-refractivity contribution in [3.05, 3.63) is 132 Å². The summed E-state index contributed by atoms with van der Waals surface area (Å²) in [5, 5.41) is 0. The van der Waals surface area contributed by atoms with Gasteiger partial charge in [-0.15, -0.1) is 0 Å². The minimum absolute atomic E-state index is 0.139. The van der Waals surface area contributed by atoms with Crippen LogP contribution in [-0.4, -0.2) is 18.7 Å². The van der Waals surface area contributed by atoms with Crippen LogP contribution in [0.3, 0.4) is 0 Å². The Morgan fingerprint density at radius 3 is 1.84 bits per heavy atom. The number of carbonyl (C=O) groups excluding carboxylic acids is 1. The van der Waals surface area contributed by atoms with Gasteiger partial charge in [0.05, 0.1) is 12.5 Å². The van der Waals surface area contributed by atoms with Crippen molar-refractivity contribution in [2.75, 3.05) is 6.61 Å². The molecule has 1 aliphatic heterocycles. The summed E-state index contributed by atoms with van der Waals surface area (Å²) in [5.74, 6) is -0.295. The highest BCUT2D eigenvalue weighted by molar-refractivity contribution is 5.74. The summed E-state index contributed by atoms with van der Waals surface area (Å²) in [7, 11) is 0. The molecule has 1 saturated heterocycles. The third-order valence-electron chi connectivity index (χ3n) is 5.88. The molecule has 3 aromatic carbocycles. The maximum Gasteiger partial charge on any atom is 0.309 e. The quantitative estimate of drug-likeness (QED) is 0.238. The maximum absolute atomic E-state index is 12.4. The number of esters is 1. The predicted octanol–water partition coefficient (Wildman–Crippen LogP) is 6.06. The van der Waals surface area contributed by atoms with Crippen molar-refractivity contribution < 1.29 is 14.3 Å². The van der Waals surface area contributed by atoms with Gasteiger partial charge in [0, 0.05) is 6.42 Å². The van der Waals surface area contributed by atoms with Crippen molar-refractivity contribution in [1.82, 2.24) is 0 Å². The molecule has 0 spiro atoms. The van der Waals surface area contributed by atoms with E-state index in [1.54, 1.807) is 6.08 Å². The molecule has 3 nitrogen and oxygen atoms in total. The molecule has 1 heterocycles. The second-order valence-electron chi connectivity index (χ2n) is 7.98. The number of allylic oxidation sites excluding steroid dienone is 3. The SMILES string of the molecule is C=C/C=C/C[C@H]1C[C@@H](COC(c2ccccc2)(c2ccccc2)c2ccccc2)OC1=O. The fourth-order valence-corrected chi connectivity index (χ4v) is 4.34. The van der Waals surface area contributed by atoms with Crippen molar-refractivity contribution in [3.8, 4) is 0 Å². The number of cyclic esters (lactones) is 1. The monoisotopic (exact) mass is 424 g/mol. The standard InChI is InChI=1S/C29H28O3/c1-2-3-7-14-23-21-27(32-28(23)30)22-31-29(24-15-8-4-9-16-24,25-17-10-5-11-18-25)26-19-12-6-13-20-26/h2-13,15-20,23,27H,1,14,21-22H2/b7-3+/t23-,27-/m0/s1. The van der Waals surface area contributed by atoms with E-state index < -0.39 is 5.60 Å². The smallest absolute Gasteiger partial charge is 0.309 e. The van der Waals surface area contributed by atoms with Crippen LogP contribution in [0.1, 0.15) is 29.5 Å². The average Bonchev–Trinajstić information content (AvgIpc) is 3.21. The molecular weight excluding hydrogens is 396 g/mol. The van der Waals surface area contributed by atoms with E-state index in [0.717, 1.165) is 16.7 Å². The normalized spacial score (nSPS) is 18.6. The van der Waals surface area contributed by atoms with Crippen molar-refractivity contribution in [3.63, 3.8) is 0 Å². The van der Waals surface area contributed by atoms with Gasteiger partial charge in [0.15, 0.2) is 0 Å². The van der Waals surface area contributed by atoms with Gasteiger partial charge in [0.25, 0.3) is 0 Å². The van der Waals surface area contributed by atoms with E-state index in [1.165, 1.54) is 0 Å². The zero-order valence-corrected chi connectivity index (χ0v) is 18.1. The van der Waals surface area contributed by atoms with Gasteiger partial charge in [-0.05, 0) is 23.1 Å². The molecule has 0 unspecified atom stereocenters. The van der Waals surface area contributed by atoms with Crippen LogP contribution in [0.5, 0.6) is 0 Å². The average molecular weight is 425 g/mol. The second-order valence-corrected chi connectivity index (χ2v) is 7.98. The number of hydrogen-bond acceptors (Lipinski definition) is 3. The van der Waals surface area contributed by atoms with Crippen LogP contribution in [0, 0.1) is 5.92 Å². The summed E-state index contributed by atoms with van der Waals surface area (Å²) in [6.07, 6.45) is 6.57. The topological polar surface area (TPSA) is 35.5 Å². The van der Waals surface area contributed by atoms with Crippen LogP contribution in [0.2, 0.25) is 0 Å². The first-order chi connectivity index (χ1) is 15.7. The van der Waals surface area contributed by atoms with Gasteiger partial charge in [0.1, 0.15) is 11.7 Å². The van der Waals surface area contributed by atoms with E-state index in [-0.39, 0.29) is 18.0 Å². The predicted molar refractivity (Wildman–Crippen MR) is 127 cm³/mol. The number of ether oxygens (including phenoxy) is 2. The van der Waals surface area contributed by atoms with Crippen LogP contribution in [-0.2, 0) is 19.9 Å². The molecular formula is C29H28O3. The van der Waals surface area contributed by atoms with Crippen molar-refractivity contribution >= 4 is 5.97 Å². The molecule has 3 aromatic rings. The lowest BCUT2D eigenvalue weighted by atomic mass is 9.80. The fourth-order valence-electron chi connectivity index (χ4n) is 4.34.